The van der Waals surface area contributed by atoms with E-state index in [1.54, 1.807) is 43.5 Å². The number of aromatic hydroxyl groups is 1. The lowest BCUT2D eigenvalue weighted by Crippen LogP contribution is -2.26. The van der Waals surface area contributed by atoms with E-state index in [2.05, 4.69) is 21.2 Å². The Balaban J connectivity index is 2.12. The van der Waals surface area contributed by atoms with Gasteiger partial charge in [-0.2, -0.15) is 0 Å². The van der Waals surface area contributed by atoms with Crippen LogP contribution in [0.15, 0.2) is 46.9 Å². The van der Waals surface area contributed by atoms with Crippen LogP contribution in [0.2, 0.25) is 0 Å². The number of phenols is 1. The third kappa shape index (κ3) is 3.76. The lowest BCUT2D eigenvalue weighted by atomic mass is 10.1. The average Bonchev–Trinajstić information content (AvgIpc) is 2.47. The topological polar surface area (TPSA) is 58.6 Å². The molecule has 1 unspecified atom stereocenters. The number of phenolic OH excluding ortho intramolecular Hbond substituents is 1. The van der Waals surface area contributed by atoms with Crippen molar-refractivity contribution in [2.24, 2.45) is 0 Å². The monoisotopic (exact) mass is 349 g/mol. The summed E-state index contributed by atoms with van der Waals surface area (Å²) in [6, 6.07) is 11.8. The van der Waals surface area contributed by atoms with Gasteiger partial charge in [0.25, 0.3) is 5.91 Å². The van der Waals surface area contributed by atoms with E-state index in [0.717, 1.165) is 10.0 Å². The maximum Gasteiger partial charge on any atom is 0.251 e. The van der Waals surface area contributed by atoms with Crippen LogP contribution in [0.3, 0.4) is 0 Å². The molecule has 0 radical (unpaired) electrons. The number of halogens is 1. The van der Waals surface area contributed by atoms with Crippen molar-refractivity contribution in [3.8, 4) is 11.5 Å². The second-order valence-corrected chi connectivity index (χ2v) is 5.49. The third-order valence-corrected chi connectivity index (χ3v) is 3.75. The van der Waals surface area contributed by atoms with Crippen molar-refractivity contribution >= 4 is 21.8 Å². The number of carbonyl (C=O) groups excluding carboxylic acids is 1. The maximum absolute atomic E-state index is 12.2. The molecule has 110 valence electrons. The van der Waals surface area contributed by atoms with E-state index in [4.69, 9.17) is 4.74 Å². The van der Waals surface area contributed by atoms with Crippen LogP contribution < -0.4 is 10.1 Å². The van der Waals surface area contributed by atoms with Crippen molar-refractivity contribution in [3.63, 3.8) is 0 Å². The Bertz CT molecular complexity index is 658. The number of amides is 1. The summed E-state index contributed by atoms with van der Waals surface area (Å²) >= 11 is 3.36. The molecule has 0 aliphatic heterocycles. The first kappa shape index (κ1) is 15.4. The minimum absolute atomic E-state index is 0.181. The zero-order valence-electron chi connectivity index (χ0n) is 11.8. The number of hydrogen-bond donors (Lipinski definition) is 2. The normalized spacial score (nSPS) is 11.8. The Labute approximate surface area is 131 Å². The van der Waals surface area contributed by atoms with Gasteiger partial charge in [0.1, 0.15) is 11.5 Å². The first-order chi connectivity index (χ1) is 10.0. The fourth-order valence-electron chi connectivity index (χ4n) is 1.97. The summed E-state index contributed by atoms with van der Waals surface area (Å²) in [7, 11) is 1.57. The molecule has 0 bridgehead atoms. The van der Waals surface area contributed by atoms with Crippen LogP contribution in [0.25, 0.3) is 0 Å². The van der Waals surface area contributed by atoms with Gasteiger partial charge in [0.05, 0.1) is 17.6 Å². The van der Waals surface area contributed by atoms with E-state index in [-0.39, 0.29) is 17.7 Å². The van der Waals surface area contributed by atoms with E-state index < -0.39 is 0 Å². The molecular formula is C16H16BrNO3. The molecule has 2 rings (SSSR count). The molecule has 0 fully saturated rings. The lowest BCUT2D eigenvalue weighted by Gasteiger charge is -2.15. The van der Waals surface area contributed by atoms with Gasteiger partial charge in [-0.25, -0.2) is 0 Å². The first-order valence-corrected chi connectivity index (χ1v) is 7.24. The minimum Gasteiger partial charge on any atom is -0.508 e. The standard InChI is InChI=1S/C16H16BrNO3/c1-10(11-4-3-5-13(19)8-11)18-16(20)12-6-7-15(21-2)14(17)9-12/h3-10,19H,1-2H3,(H,18,20). The van der Waals surface area contributed by atoms with Gasteiger partial charge in [-0.1, -0.05) is 12.1 Å². The van der Waals surface area contributed by atoms with Crippen LogP contribution in [-0.4, -0.2) is 18.1 Å². The van der Waals surface area contributed by atoms with Crippen molar-refractivity contribution < 1.29 is 14.6 Å². The number of hydrogen-bond acceptors (Lipinski definition) is 3. The van der Waals surface area contributed by atoms with Crippen molar-refractivity contribution in [2.45, 2.75) is 13.0 Å². The Kier molecular flexibility index (Phi) is 4.85. The van der Waals surface area contributed by atoms with Crippen molar-refractivity contribution in [3.05, 3.63) is 58.1 Å². The summed E-state index contributed by atoms with van der Waals surface area (Å²) in [5, 5.41) is 12.4. The summed E-state index contributed by atoms with van der Waals surface area (Å²) in [4.78, 5) is 12.2. The van der Waals surface area contributed by atoms with Gasteiger partial charge >= 0.3 is 0 Å². The van der Waals surface area contributed by atoms with Crippen LogP contribution in [0.1, 0.15) is 28.9 Å². The summed E-state index contributed by atoms with van der Waals surface area (Å²) in [5.41, 5.74) is 1.38. The molecule has 0 spiro atoms. The molecule has 0 aliphatic rings. The quantitative estimate of drug-likeness (QED) is 0.885. The second kappa shape index (κ2) is 6.63. The molecule has 2 N–H and O–H groups in total. The van der Waals surface area contributed by atoms with Crippen molar-refractivity contribution in [2.75, 3.05) is 7.11 Å². The lowest BCUT2D eigenvalue weighted by molar-refractivity contribution is 0.0939. The second-order valence-electron chi connectivity index (χ2n) is 4.64. The molecule has 2 aromatic carbocycles. The number of ether oxygens (including phenoxy) is 1. The molecule has 2 aromatic rings. The molecular weight excluding hydrogens is 334 g/mol. The maximum atomic E-state index is 12.2. The minimum atomic E-state index is -0.203. The molecule has 1 amide bonds. The predicted molar refractivity (Wildman–Crippen MR) is 84.7 cm³/mol. The fourth-order valence-corrected chi connectivity index (χ4v) is 2.51. The molecule has 0 aliphatic carbocycles. The number of rotatable bonds is 4. The van der Waals surface area contributed by atoms with Gasteiger partial charge in [-0.3, -0.25) is 4.79 Å². The molecule has 1 atom stereocenters. The van der Waals surface area contributed by atoms with Crippen LogP contribution in [0, 0.1) is 0 Å². The van der Waals surface area contributed by atoms with Crippen LogP contribution in [0.4, 0.5) is 0 Å². The summed E-state index contributed by atoms with van der Waals surface area (Å²) < 4.78 is 5.86. The summed E-state index contributed by atoms with van der Waals surface area (Å²) in [5.74, 6) is 0.669. The predicted octanol–water partition coefficient (Wildman–Crippen LogP) is 3.65. The van der Waals surface area contributed by atoms with E-state index in [1.165, 1.54) is 0 Å². The highest BCUT2D eigenvalue weighted by molar-refractivity contribution is 9.10. The molecule has 4 nitrogen and oxygen atoms in total. The van der Waals surface area contributed by atoms with E-state index in [1.807, 2.05) is 13.0 Å². The molecule has 0 heterocycles. The number of carbonyl (C=O) groups is 1. The van der Waals surface area contributed by atoms with E-state index >= 15 is 0 Å². The highest BCUT2D eigenvalue weighted by Gasteiger charge is 2.13. The van der Waals surface area contributed by atoms with Gasteiger partial charge in [-0.05, 0) is 58.7 Å². The third-order valence-electron chi connectivity index (χ3n) is 3.13. The zero-order chi connectivity index (χ0) is 15.4. The Morgan fingerprint density at radius 2 is 2.05 bits per heavy atom. The largest absolute Gasteiger partial charge is 0.508 e. The molecule has 0 saturated heterocycles. The first-order valence-electron chi connectivity index (χ1n) is 6.44. The Morgan fingerprint density at radius 3 is 2.67 bits per heavy atom. The fraction of sp³-hybridized carbons (Fsp3) is 0.188. The zero-order valence-corrected chi connectivity index (χ0v) is 13.3. The van der Waals surface area contributed by atoms with Crippen LogP contribution >= 0.6 is 15.9 Å². The number of methoxy groups -OCH3 is 1. The highest BCUT2D eigenvalue weighted by atomic mass is 79.9. The van der Waals surface area contributed by atoms with E-state index in [9.17, 15) is 9.90 Å². The summed E-state index contributed by atoms with van der Waals surface area (Å²) in [6.45, 7) is 1.87. The van der Waals surface area contributed by atoms with E-state index in [0.29, 0.717) is 11.3 Å². The SMILES string of the molecule is COc1ccc(C(=O)NC(C)c2cccc(O)c2)cc1Br. The van der Waals surface area contributed by atoms with Crippen molar-refractivity contribution in [1.29, 1.82) is 0 Å². The molecule has 5 heteroatoms. The van der Waals surface area contributed by atoms with Gasteiger partial charge in [0.15, 0.2) is 0 Å². The number of nitrogens with one attached hydrogen (secondary N) is 1. The highest BCUT2D eigenvalue weighted by Crippen LogP contribution is 2.26. The smallest absolute Gasteiger partial charge is 0.251 e. The average molecular weight is 350 g/mol. The van der Waals surface area contributed by atoms with Crippen LogP contribution in [-0.2, 0) is 0 Å². The number of benzene rings is 2. The Morgan fingerprint density at radius 1 is 1.29 bits per heavy atom. The van der Waals surface area contributed by atoms with Gasteiger partial charge in [0.2, 0.25) is 0 Å². The van der Waals surface area contributed by atoms with Crippen LogP contribution in [0.5, 0.6) is 11.5 Å². The molecule has 0 aromatic heterocycles. The summed E-state index contributed by atoms with van der Waals surface area (Å²) in [6.07, 6.45) is 0. The van der Waals surface area contributed by atoms with Gasteiger partial charge < -0.3 is 15.2 Å². The molecule has 0 saturated carbocycles. The molecule has 21 heavy (non-hydrogen) atoms. The van der Waals surface area contributed by atoms with Gasteiger partial charge in [-0.15, -0.1) is 0 Å². The van der Waals surface area contributed by atoms with Gasteiger partial charge in [0, 0.05) is 5.56 Å². The Hall–Kier alpha value is -2.01. The van der Waals surface area contributed by atoms with Crippen molar-refractivity contribution in [1.82, 2.24) is 5.32 Å².